The number of likely N-dealkylation sites (N-methyl/N-ethyl adjacent to an activating group) is 1. The lowest BCUT2D eigenvalue weighted by Gasteiger charge is -2.34. The molecule has 2 atom stereocenters. The smallest absolute Gasteiger partial charge is 0.253 e. The number of nitrogens with zero attached hydrogens (tertiary/aromatic N) is 3. The molecule has 3 aromatic rings. The number of aliphatic hydroxyl groups is 1. The second-order valence-corrected chi connectivity index (χ2v) is 11.9. The minimum Gasteiger partial charge on any atom is -0.368 e. The van der Waals surface area contributed by atoms with E-state index in [0.717, 1.165) is 80.7 Å². The molecule has 2 fully saturated rings. The van der Waals surface area contributed by atoms with Gasteiger partial charge in [0.05, 0.1) is 12.1 Å². The molecule has 9 nitrogen and oxygen atoms in total. The largest absolute Gasteiger partial charge is 0.368 e. The molecule has 5 rings (SSSR count). The molecule has 234 valence electrons. The van der Waals surface area contributed by atoms with Crippen molar-refractivity contribution >= 4 is 17.5 Å². The molecule has 2 heterocycles. The molecule has 4 N–H and O–H groups in total. The summed E-state index contributed by atoms with van der Waals surface area (Å²) in [6.45, 7) is 4.62. The van der Waals surface area contributed by atoms with Crippen LogP contribution in [0.5, 0.6) is 0 Å². The van der Waals surface area contributed by atoms with E-state index < -0.39 is 6.41 Å². The van der Waals surface area contributed by atoms with Gasteiger partial charge >= 0.3 is 0 Å². The number of anilines is 1. The van der Waals surface area contributed by atoms with Crippen LogP contribution in [0.3, 0.4) is 0 Å². The van der Waals surface area contributed by atoms with Crippen molar-refractivity contribution in [2.45, 2.75) is 57.2 Å². The number of nitrogens with one attached hydrogen (secondary N) is 1. The molecule has 2 aliphatic rings. The van der Waals surface area contributed by atoms with E-state index in [1.807, 2.05) is 85.9 Å². The third-order valence-electron chi connectivity index (χ3n) is 8.77. The van der Waals surface area contributed by atoms with Crippen LogP contribution in [0.2, 0.25) is 0 Å². The molecule has 0 radical (unpaired) electrons. The van der Waals surface area contributed by atoms with Gasteiger partial charge in [0.25, 0.3) is 5.91 Å². The number of likely N-dealkylation sites (tertiary alicyclic amines) is 2. The van der Waals surface area contributed by atoms with E-state index in [-0.39, 0.29) is 24.0 Å². The number of primary amides is 1. The summed E-state index contributed by atoms with van der Waals surface area (Å²) < 4.78 is 5.96. The van der Waals surface area contributed by atoms with Crippen molar-refractivity contribution in [3.63, 3.8) is 0 Å². The number of aliphatic hydroxyl groups excluding tert-OH is 1. The van der Waals surface area contributed by atoms with Gasteiger partial charge in [-0.2, -0.15) is 0 Å². The van der Waals surface area contributed by atoms with E-state index >= 15 is 0 Å². The summed E-state index contributed by atoms with van der Waals surface area (Å²) in [5.41, 5.74) is 10.2. The van der Waals surface area contributed by atoms with Gasteiger partial charge in [-0.15, -0.1) is 0 Å². The maximum absolute atomic E-state index is 13.1. The molecule has 2 aliphatic heterocycles. The van der Waals surface area contributed by atoms with Crippen LogP contribution < -0.4 is 11.1 Å². The summed E-state index contributed by atoms with van der Waals surface area (Å²) in [5, 5.41) is 13.8. The quantitative estimate of drug-likeness (QED) is 0.269. The zero-order chi connectivity index (χ0) is 30.9. The van der Waals surface area contributed by atoms with Crippen LogP contribution in [0, 0.1) is 0 Å². The van der Waals surface area contributed by atoms with Gasteiger partial charge in [0.15, 0.2) is 0 Å². The Morgan fingerprint density at radius 1 is 0.955 bits per heavy atom. The molecule has 44 heavy (non-hydrogen) atoms. The highest BCUT2D eigenvalue weighted by Gasteiger charge is 2.27. The highest BCUT2D eigenvalue weighted by molar-refractivity contribution is 5.94. The summed E-state index contributed by atoms with van der Waals surface area (Å²) in [7, 11) is 1.84. The number of hydrogen-bond acceptors (Lipinski definition) is 7. The number of hydrogen-bond donors (Lipinski definition) is 3. The molecule has 2 saturated heterocycles. The third kappa shape index (κ3) is 8.45. The van der Waals surface area contributed by atoms with Crippen molar-refractivity contribution in [1.29, 1.82) is 0 Å². The van der Waals surface area contributed by atoms with Crippen molar-refractivity contribution in [1.82, 2.24) is 14.7 Å². The summed E-state index contributed by atoms with van der Waals surface area (Å²) in [6.07, 6.45) is 3.39. The van der Waals surface area contributed by atoms with E-state index in [0.29, 0.717) is 18.7 Å². The fourth-order valence-electron chi connectivity index (χ4n) is 6.20. The van der Waals surface area contributed by atoms with Crippen LogP contribution >= 0.6 is 0 Å². The Kier molecular flexibility index (Phi) is 11.0. The Morgan fingerprint density at radius 2 is 1.66 bits per heavy atom. The van der Waals surface area contributed by atoms with E-state index in [2.05, 4.69) is 15.1 Å². The predicted molar refractivity (Wildman–Crippen MR) is 173 cm³/mol. The maximum Gasteiger partial charge on any atom is 0.253 e. The van der Waals surface area contributed by atoms with Gasteiger partial charge in [0.2, 0.25) is 12.3 Å². The van der Waals surface area contributed by atoms with Gasteiger partial charge < -0.3 is 30.7 Å². The van der Waals surface area contributed by atoms with Crippen molar-refractivity contribution in [2.24, 2.45) is 5.73 Å². The highest BCUT2D eigenvalue weighted by atomic mass is 16.6. The Hall–Kier alpha value is -3.76. The van der Waals surface area contributed by atoms with Crippen LogP contribution in [0.15, 0.2) is 78.9 Å². The normalized spacial score (nSPS) is 18.9. The first-order chi connectivity index (χ1) is 21.4. The number of ether oxygens (including phenoxy) is 1. The number of carbonyl (C=O) groups excluding carboxylic acids is 2. The zero-order valence-corrected chi connectivity index (χ0v) is 25.6. The minimum atomic E-state index is -1.10. The minimum absolute atomic E-state index is 0.00673. The fraction of sp³-hybridized carbons (Fsp3) is 0.429. The van der Waals surface area contributed by atoms with Crippen LogP contribution in [-0.4, -0.2) is 90.0 Å². The summed E-state index contributed by atoms with van der Waals surface area (Å²) >= 11 is 0. The molecule has 0 aromatic heterocycles. The Balaban J connectivity index is 1.03. The molecule has 3 aromatic carbocycles. The van der Waals surface area contributed by atoms with Crippen molar-refractivity contribution in [2.75, 3.05) is 45.1 Å². The van der Waals surface area contributed by atoms with Gasteiger partial charge in [-0.3, -0.25) is 14.5 Å². The molecular formula is C35H45N5O4. The molecular weight excluding hydrogens is 554 g/mol. The second-order valence-electron chi connectivity index (χ2n) is 11.9. The van der Waals surface area contributed by atoms with Crippen LogP contribution in [0.4, 0.5) is 5.69 Å². The van der Waals surface area contributed by atoms with Gasteiger partial charge in [-0.1, -0.05) is 67.1 Å². The van der Waals surface area contributed by atoms with Gasteiger partial charge in [0.1, 0.15) is 0 Å². The first kappa shape index (κ1) is 31.7. The number of carbonyl (C=O) groups is 2. The average molecular weight is 600 g/mol. The number of amides is 2. The number of benzene rings is 3. The fourth-order valence-corrected chi connectivity index (χ4v) is 6.20. The summed E-state index contributed by atoms with van der Waals surface area (Å²) in [5.74, 6) is -0.266. The summed E-state index contributed by atoms with van der Waals surface area (Å²) in [4.78, 5) is 31.2. The van der Waals surface area contributed by atoms with Crippen molar-refractivity contribution in [3.05, 3.63) is 90.0 Å². The lowest BCUT2D eigenvalue weighted by molar-refractivity contribution is -0.131. The van der Waals surface area contributed by atoms with E-state index in [4.69, 9.17) is 10.5 Å². The third-order valence-corrected chi connectivity index (χ3v) is 8.77. The lowest BCUT2D eigenvalue weighted by atomic mass is 10.0. The zero-order valence-electron chi connectivity index (χ0n) is 25.6. The number of rotatable bonds is 12. The second kappa shape index (κ2) is 15.3. The molecule has 0 aliphatic carbocycles. The molecule has 0 spiro atoms. The molecule has 2 unspecified atom stereocenters. The van der Waals surface area contributed by atoms with Crippen LogP contribution in [-0.2, 0) is 16.1 Å². The maximum atomic E-state index is 13.1. The topological polar surface area (TPSA) is 111 Å². The first-order valence-corrected chi connectivity index (χ1v) is 15.7. The standard InChI is InChI=1S/C35H45N5O4/c1-38(34(42)28-16-14-26(15-17-28)25-40-20-8-7-13-32(40)33(36)41)23-24-39-21-18-29(19-22-39)44-35(43)37-31-12-6-5-11-30(31)27-9-3-2-4-10-27/h2-6,9-12,14-17,29,32,35,37,43H,7-8,13,18-25H2,1H3,(H2,36,41). The SMILES string of the molecule is CN(CCN1CCC(OC(O)Nc2ccccc2-c2ccccc2)CC1)C(=O)c1ccc(CN2CCCCC2C(N)=O)cc1. The van der Waals surface area contributed by atoms with E-state index in [1.165, 1.54) is 0 Å². The molecule has 9 heteroatoms. The highest BCUT2D eigenvalue weighted by Crippen LogP contribution is 2.28. The lowest BCUT2D eigenvalue weighted by Crippen LogP contribution is -2.47. The van der Waals surface area contributed by atoms with Gasteiger partial charge in [0, 0.05) is 56.6 Å². The van der Waals surface area contributed by atoms with Crippen molar-refractivity contribution < 1.29 is 19.4 Å². The molecule has 0 bridgehead atoms. The number of nitrogens with two attached hydrogens (primary N) is 1. The van der Waals surface area contributed by atoms with Gasteiger partial charge in [-0.05, 0) is 61.6 Å². The predicted octanol–water partition coefficient (Wildman–Crippen LogP) is 4.13. The summed E-state index contributed by atoms with van der Waals surface area (Å²) in [6, 6.07) is 25.4. The Labute approximate surface area is 260 Å². The molecule has 0 saturated carbocycles. The Morgan fingerprint density at radius 3 is 2.39 bits per heavy atom. The van der Waals surface area contributed by atoms with Crippen LogP contribution in [0.25, 0.3) is 11.1 Å². The van der Waals surface area contributed by atoms with Crippen LogP contribution in [0.1, 0.15) is 48.0 Å². The number of para-hydroxylation sites is 1. The Bertz CT molecular complexity index is 1360. The monoisotopic (exact) mass is 599 g/mol. The van der Waals surface area contributed by atoms with E-state index in [1.54, 1.807) is 4.90 Å². The molecule has 2 amide bonds. The average Bonchev–Trinajstić information content (AvgIpc) is 3.05. The van der Waals surface area contributed by atoms with Crippen molar-refractivity contribution in [3.8, 4) is 11.1 Å². The number of piperidine rings is 2. The van der Waals surface area contributed by atoms with Gasteiger partial charge in [-0.25, -0.2) is 0 Å². The van der Waals surface area contributed by atoms with E-state index in [9.17, 15) is 14.7 Å². The first-order valence-electron chi connectivity index (χ1n) is 15.7.